The van der Waals surface area contributed by atoms with Gasteiger partial charge in [-0.05, 0) is 54.1 Å². The normalized spacial score (nSPS) is 11.3. The zero-order chi connectivity index (χ0) is 28.2. The van der Waals surface area contributed by atoms with Gasteiger partial charge in [0.25, 0.3) is 0 Å². The van der Waals surface area contributed by atoms with Crippen molar-refractivity contribution in [3.8, 4) is 41.1 Å². The summed E-state index contributed by atoms with van der Waals surface area (Å²) < 4.78 is 52.3. The van der Waals surface area contributed by atoms with Gasteiger partial charge in [0.15, 0.2) is 11.5 Å². The zero-order valence-corrected chi connectivity index (χ0v) is 20.2. The number of hydrogen-bond donors (Lipinski definition) is 1. The van der Waals surface area contributed by atoms with E-state index in [1.807, 2.05) is 18.2 Å². The second-order valence-corrected chi connectivity index (χ2v) is 7.97. The van der Waals surface area contributed by atoms with E-state index < -0.39 is 17.3 Å². The fourth-order valence-electron chi connectivity index (χ4n) is 3.72. The summed E-state index contributed by atoms with van der Waals surface area (Å²) in [6.07, 6.45) is -3.27. The molecule has 0 unspecified atom stereocenters. The highest BCUT2D eigenvalue weighted by atomic mass is 19.4. The number of allylic oxidation sites excluding steroid dienone is 1. The number of methoxy groups -OCH3 is 1. The van der Waals surface area contributed by atoms with Gasteiger partial charge in [0.1, 0.15) is 35.0 Å². The molecule has 3 aromatic carbocycles. The van der Waals surface area contributed by atoms with Crippen LogP contribution in [0.5, 0.6) is 17.2 Å². The highest BCUT2D eigenvalue weighted by Gasteiger charge is 2.34. The van der Waals surface area contributed by atoms with E-state index in [2.05, 4.69) is 5.10 Å². The van der Waals surface area contributed by atoms with Gasteiger partial charge >= 0.3 is 6.18 Å². The third-order valence-electron chi connectivity index (χ3n) is 5.55. The SMILES string of the molecule is COc1cc(C=C(C#N)c2nn(-c3ccccc3)c(N)c2C#N)ccc1Oc1ccc(C#N)c(C(F)(F)F)c1. The van der Waals surface area contributed by atoms with Crippen molar-refractivity contribution in [2.45, 2.75) is 6.18 Å². The van der Waals surface area contributed by atoms with Crippen LogP contribution < -0.4 is 15.2 Å². The minimum absolute atomic E-state index is 0.0276. The molecule has 1 heterocycles. The number of benzene rings is 3. The number of para-hydroxylation sites is 1. The molecule has 0 amide bonds. The minimum atomic E-state index is -4.74. The molecule has 0 aliphatic carbocycles. The summed E-state index contributed by atoms with van der Waals surface area (Å²) in [5, 5.41) is 32.9. The maximum Gasteiger partial charge on any atom is 0.417 e. The third-order valence-corrected chi connectivity index (χ3v) is 5.55. The Hall–Kier alpha value is -5.73. The molecule has 4 aromatic rings. The molecular formula is C28H17F3N6O2. The standard InChI is InChI=1S/C28H17F3N6O2/c1-38-25-12-17(7-10-24(25)39-21-9-8-18(14-32)23(13-21)28(29,30)31)11-19(15-33)26-22(16-34)27(35)37(36-26)20-5-3-2-4-6-20/h2-13H,35H2,1H3. The van der Waals surface area contributed by atoms with E-state index in [9.17, 15) is 23.7 Å². The Morgan fingerprint density at radius 3 is 2.33 bits per heavy atom. The number of nitrogen functional groups attached to an aromatic ring is 1. The van der Waals surface area contributed by atoms with E-state index in [0.717, 1.165) is 12.1 Å². The minimum Gasteiger partial charge on any atom is -0.493 e. The molecule has 0 bridgehead atoms. The van der Waals surface area contributed by atoms with Crippen molar-refractivity contribution < 1.29 is 22.6 Å². The van der Waals surface area contributed by atoms with Crippen molar-refractivity contribution in [3.05, 3.63) is 94.7 Å². The maximum absolute atomic E-state index is 13.3. The fourth-order valence-corrected chi connectivity index (χ4v) is 3.72. The van der Waals surface area contributed by atoms with E-state index in [-0.39, 0.29) is 39.9 Å². The van der Waals surface area contributed by atoms with Crippen LogP contribution in [0.15, 0.2) is 66.7 Å². The molecule has 1 aromatic heterocycles. The van der Waals surface area contributed by atoms with Crippen molar-refractivity contribution in [2.75, 3.05) is 12.8 Å². The third kappa shape index (κ3) is 5.36. The summed E-state index contributed by atoms with van der Waals surface area (Å²) in [6, 6.07) is 21.9. The van der Waals surface area contributed by atoms with Crippen LogP contribution in [0.2, 0.25) is 0 Å². The number of aromatic nitrogens is 2. The molecule has 192 valence electrons. The highest BCUT2D eigenvalue weighted by Crippen LogP contribution is 2.38. The Morgan fingerprint density at radius 1 is 0.974 bits per heavy atom. The van der Waals surface area contributed by atoms with Crippen molar-refractivity contribution in [1.82, 2.24) is 9.78 Å². The van der Waals surface area contributed by atoms with E-state index in [0.29, 0.717) is 11.3 Å². The summed E-state index contributed by atoms with van der Waals surface area (Å²) in [5.41, 5.74) is 5.71. The number of nitrogens with zero attached hydrogens (tertiary/aromatic N) is 5. The van der Waals surface area contributed by atoms with Crippen LogP contribution in [0.3, 0.4) is 0 Å². The first-order valence-electron chi connectivity index (χ1n) is 11.1. The van der Waals surface area contributed by atoms with E-state index in [1.165, 1.54) is 42.1 Å². The molecule has 0 saturated carbocycles. The summed E-state index contributed by atoms with van der Waals surface area (Å²) in [6.45, 7) is 0. The Balaban J connectivity index is 1.71. The fraction of sp³-hybridized carbons (Fsp3) is 0.0714. The van der Waals surface area contributed by atoms with Gasteiger partial charge in [-0.25, -0.2) is 4.68 Å². The van der Waals surface area contributed by atoms with Gasteiger partial charge < -0.3 is 15.2 Å². The first kappa shape index (κ1) is 26.3. The quantitative estimate of drug-likeness (QED) is 0.301. The Morgan fingerprint density at radius 2 is 1.72 bits per heavy atom. The number of rotatable bonds is 6. The van der Waals surface area contributed by atoms with Gasteiger partial charge in [-0.15, -0.1) is 0 Å². The molecule has 0 saturated heterocycles. The van der Waals surface area contributed by atoms with Crippen LogP contribution >= 0.6 is 0 Å². The van der Waals surface area contributed by atoms with Crippen LogP contribution in [0.4, 0.5) is 19.0 Å². The Labute approximate surface area is 220 Å². The lowest BCUT2D eigenvalue weighted by Gasteiger charge is -2.14. The topological polar surface area (TPSA) is 134 Å². The summed E-state index contributed by atoms with van der Waals surface area (Å²) in [4.78, 5) is 0. The predicted octanol–water partition coefficient (Wildman–Crippen LogP) is 6.08. The average molecular weight is 526 g/mol. The van der Waals surface area contributed by atoms with Crippen molar-refractivity contribution in [1.29, 1.82) is 15.8 Å². The van der Waals surface area contributed by atoms with Gasteiger partial charge in [0.2, 0.25) is 0 Å². The molecule has 11 heteroatoms. The van der Waals surface area contributed by atoms with Crippen LogP contribution in [-0.4, -0.2) is 16.9 Å². The monoisotopic (exact) mass is 526 g/mol. The number of hydrogen-bond acceptors (Lipinski definition) is 7. The second-order valence-electron chi connectivity index (χ2n) is 7.97. The van der Waals surface area contributed by atoms with Gasteiger partial charge in [-0.2, -0.15) is 34.1 Å². The van der Waals surface area contributed by atoms with Gasteiger partial charge in [0.05, 0.1) is 35.6 Å². The lowest BCUT2D eigenvalue weighted by molar-refractivity contribution is -0.137. The first-order valence-corrected chi connectivity index (χ1v) is 11.1. The summed E-state index contributed by atoms with van der Waals surface area (Å²) in [7, 11) is 1.34. The van der Waals surface area contributed by atoms with Gasteiger partial charge in [-0.3, -0.25) is 0 Å². The molecule has 0 radical (unpaired) electrons. The van der Waals surface area contributed by atoms with Crippen molar-refractivity contribution >= 4 is 17.5 Å². The Kier molecular flexibility index (Phi) is 7.23. The van der Waals surface area contributed by atoms with E-state index in [1.54, 1.807) is 30.3 Å². The summed E-state index contributed by atoms with van der Waals surface area (Å²) >= 11 is 0. The molecular weight excluding hydrogens is 509 g/mol. The molecule has 0 atom stereocenters. The average Bonchev–Trinajstić information content (AvgIpc) is 3.28. The van der Waals surface area contributed by atoms with E-state index >= 15 is 0 Å². The molecule has 0 aliphatic heterocycles. The molecule has 2 N–H and O–H groups in total. The number of nitrogens with two attached hydrogens (primary N) is 1. The van der Waals surface area contributed by atoms with Crippen LogP contribution in [0, 0.1) is 34.0 Å². The lowest BCUT2D eigenvalue weighted by Crippen LogP contribution is -2.08. The summed E-state index contributed by atoms with van der Waals surface area (Å²) in [5.74, 6) is 0.179. The molecule has 4 rings (SSSR count). The predicted molar refractivity (Wildman–Crippen MR) is 135 cm³/mol. The smallest absolute Gasteiger partial charge is 0.417 e. The molecule has 39 heavy (non-hydrogen) atoms. The maximum atomic E-state index is 13.3. The molecule has 0 aliphatic rings. The molecule has 8 nitrogen and oxygen atoms in total. The number of anilines is 1. The van der Waals surface area contributed by atoms with E-state index in [4.69, 9.17) is 20.5 Å². The van der Waals surface area contributed by atoms with Gasteiger partial charge in [-0.1, -0.05) is 24.3 Å². The number of nitriles is 3. The molecule has 0 spiro atoms. The Bertz CT molecular complexity index is 1700. The largest absolute Gasteiger partial charge is 0.493 e. The zero-order valence-electron chi connectivity index (χ0n) is 20.2. The van der Waals surface area contributed by atoms with Crippen molar-refractivity contribution in [3.63, 3.8) is 0 Å². The van der Waals surface area contributed by atoms with Crippen molar-refractivity contribution in [2.24, 2.45) is 0 Å². The van der Waals surface area contributed by atoms with Crippen LogP contribution in [-0.2, 0) is 6.18 Å². The van der Waals surface area contributed by atoms with Crippen LogP contribution in [0.25, 0.3) is 17.3 Å². The molecule has 0 fully saturated rings. The van der Waals surface area contributed by atoms with Crippen LogP contribution in [0.1, 0.15) is 27.9 Å². The number of alkyl halides is 3. The number of halogens is 3. The second kappa shape index (κ2) is 10.7. The highest BCUT2D eigenvalue weighted by molar-refractivity contribution is 5.91. The first-order chi connectivity index (χ1) is 18.7. The van der Waals surface area contributed by atoms with Gasteiger partial charge in [0, 0.05) is 0 Å². The number of ether oxygens (including phenoxy) is 2. The lowest BCUT2D eigenvalue weighted by atomic mass is 10.1.